The topological polar surface area (TPSA) is 87.4 Å². The first-order chi connectivity index (χ1) is 12.6. The van der Waals surface area contributed by atoms with Crippen molar-refractivity contribution in [2.45, 2.75) is 50.3 Å². The van der Waals surface area contributed by atoms with E-state index in [1.807, 2.05) is 12.1 Å². The van der Waals surface area contributed by atoms with Crippen LogP contribution in [-0.2, 0) is 6.54 Å². The molecule has 3 N–H and O–H groups in total. The molecular formula is C19H23N3O3S. The summed E-state index contributed by atoms with van der Waals surface area (Å²) in [6.07, 6.45) is 6.53. The monoisotopic (exact) mass is 373 g/mol. The average molecular weight is 373 g/mol. The Balaban J connectivity index is 1.22. The van der Waals surface area contributed by atoms with Gasteiger partial charge < -0.3 is 20.2 Å². The fourth-order valence-electron chi connectivity index (χ4n) is 5.48. The van der Waals surface area contributed by atoms with E-state index < -0.39 is 5.60 Å². The van der Waals surface area contributed by atoms with Crippen molar-refractivity contribution in [3.8, 4) is 0 Å². The summed E-state index contributed by atoms with van der Waals surface area (Å²) in [5, 5.41) is 19.6. The molecule has 0 aromatic carbocycles. The standard InChI is InChI=1S/C19H23N3O3S/c23-17(15-10-26-18(21-15)20-9-14-2-1-3-25-14)22-16-12-4-11-5-13(16)8-19(24,6-11)7-12/h1-3,10-13,16,24H,4-9H2,(H,20,21)(H,22,23)/t11?,12?,13?,16-,19-. The van der Waals surface area contributed by atoms with Gasteiger partial charge in [-0.1, -0.05) is 0 Å². The summed E-state index contributed by atoms with van der Waals surface area (Å²) in [7, 11) is 0. The third-order valence-electron chi connectivity index (χ3n) is 6.27. The van der Waals surface area contributed by atoms with Crippen LogP contribution in [0.15, 0.2) is 28.2 Å². The molecule has 4 bridgehead atoms. The van der Waals surface area contributed by atoms with Crippen LogP contribution in [-0.4, -0.2) is 27.6 Å². The van der Waals surface area contributed by atoms with E-state index in [1.54, 1.807) is 11.6 Å². The maximum Gasteiger partial charge on any atom is 0.271 e. The molecular weight excluding hydrogens is 350 g/mol. The number of thiazole rings is 1. The normalized spacial score (nSPS) is 34.8. The molecule has 4 aliphatic rings. The summed E-state index contributed by atoms with van der Waals surface area (Å²) in [6, 6.07) is 3.92. The number of anilines is 1. The average Bonchev–Trinajstić information content (AvgIpc) is 3.26. The van der Waals surface area contributed by atoms with Gasteiger partial charge in [-0.2, -0.15) is 0 Å². The van der Waals surface area contributed by atoms with Crippen LogP contribution in [0.5, 0.6) is 0 Å². The Morgan fingerprint density at radius 3 is 2.85 bits per heavy atom. The van der Waals surface area contributed by atoms with Gasteiger partial charge in [0.15, 0.2) is 5.13 Å². The first-order valence-corrected chi connectivity index (χ1v) is 10.2. The highest BCUT2D eigenvalue weighted by Crippen LogP contribution is 2.55. The Morgan fingerprint density at radius 2 is 2.15 bits per heavy atom. The maximum absolute atomic E-state index is 12.7. The summed E-state index contributed by atoms with van der Waals surface area (Å²) in [6.45, 7) is 0.550. The van der Waals surface area contributed by atoms with Gasteiger partial charge >= 0.3 is 0 Å². The summed E-state index contributed by atoms with van der Waals surface area (Å²) in [5.41, 5.74) is -0.00847. The molecule has 4 aliphatic carbocycles. The van der Waals surface area contributed by atoms with E-state index in [4.69, 9.17) is 4.42 Å². The van der Waals surface area contributed by atoms with Crippen molar-refractivity contribution in [2.75, 3.05) is 5.32 Å². The highest BCUT2D eigenvalue weighted by atomic mass is 32.1. The first-order valence-electron chi connectivity index (χ1n) is 9.33. The molecule has 0 radical (unpaired) electrons. The summed E-state index contributed by atoms with van der Waals surface area (Å²) in [5.74, 6) is 2.19. The lowest BCUT2D eigenvalue weighted by Crippen LogP contribution is -2.61. The van der Waals surface area contributed by atoms with E-state index >= 15 is 0 Å². The number of nitrogens with one attached hydrogen (secondary N) is 2. The van der Waals surface area contributed by atoms with Gasteiger partial charge in [-0.25, -0.2) is 4.98 Å². The lowest BCUT2D eigenvalue weighted by atomic mass is 9.52. The van der Waals surface area contributed by atoms with Gasteiger partial charge in [0.05, 0.1) is 18.4 Å². The minimum Gasteiger partial charge on any atom is -0.467 e. The molecule has 2 unspecified atom stereocenters. The van der Waals surface area contributed by atoms with Crippen molar-refractivity contribution in [1.82, 2.24) is 10.3 Å². The fourth-order valence-corrected chi connectivity index (χ4v) is 6.17. The Kier molecular flexibility index (Phi) is 3.83. The van der Waals surface area contributed by atoms with E-state index in [2.05, 4.69) is 15.6 Å². The zero-order chi connectivity index (χ0) is 17.7. The van der Waals surface area contributed by atoms with Crippen LogP contribution in [0, 0.1) is 17.8 Å². The number of furan rings is 1. The molecule has 7 heteroatoms. The van der Waals surface area contributed by atoms with Crippen LogP contribution in [0.4, 0.5) is 5.13 Å². The molecule has 1 amide bonds. The highest BCUT2D eigenvalue weighted by Gasteiger charge is 2.55. The Labute approximate surface area is 156 Å². The summed E-state index contributed by atoms with van der Waals surface area (Å²) in [4.78, 5) is 17.1. The maximum atomic E-state index is 12.7. The van der Waals surface area contributed by atoms with Crippen molar-refractivity contribution < 1.29 is 14.3 Å². The van der Waals surface area contributed by atoms with Gasteiger partial charge in [0.1, 0.15) is 11.5 Å². The third-order valence-corrected chi connectivity index (χ3v) is 7.07. The molecule has 2 heterocycles. The van der Waals surface area contributed by atoms with E-state index in [-0.39, 0.29) is 11.9 Å². The molecule has 6 nitrogen and oxygen atoms in total. The molecule has 4 saturated carbocycles. The van der Waals surface area contributed by atoms with Gasteiger partial charge in [-0.3, -0.25) is 4.79 Å². The Hall–Kier alpha value is -1.86. The molecule has 0 aliphatic heterocycles. The van der Waals surface area contributed by atoms with Crippen molar-refractivity contribution in [3.63, 3.8) is 0 Å². The highest BCUT2D eigenvalue weighted by molar-refractivity contribution is 7.13. The number of carbonyl (C=O) groups is 1. The zero-order valence-electron chi connectivity index (χ0n) is 14.5. The Bertz CT molecular complexity index is 787. The van der Waals surface area contributed by atoms with Gasteiger partial charge in [-0.05, 0) is 62.0 Å². The predicted octanol–water partition coefficient (Wildman–Crippen LogP) is 3.02. The molecule has 2 aromatic rings. The minimum atomic E-state index is -0.471. The van der Waals surface area contributed by atoms with Crippen molar-refractivity contribution in [3.05, 3.63) is 35.2 Å². The van der Waals surface area contributed by atoms with Crippen LogP contribution in [0.25, 0.3) is 0 Å². The molecule has 2 atom stereocenters. The molecule has 4 fully saturated rings. The van der Waals surface area contributed by atoms with Gasteiger partial charge in [0.25, 0.3) is 5.91 Å². The van der Waals surface area contributed by atoms with E-state index in [0.717, 1.165) is 37.9 Å². The molecule has 26 heavy (non-hydrogen) atoms. The SMILES string of the molecule is O=C(N[C@H]1C2CC3CC1C[C@](O)(C3)C2)c1csc(NCc2ccco2)n1. The van der Waals surface area contributed by atoms with Crippen LogP contribution in [0.2, 0.25) is 0 Å². The van der Waals surface area contributed by atoms with E-state index in [1.165, 1.54) is 11.3 Å². The number of hydrogen-bond acceptors (Lipinski definition) is 6. The van der Waals surface area contributed by atoms with Crippen LogP contribution < -0.4 is 10.6 Å². The molecule has 2 aromatic heterocycles. The molecule has 6 rings (SSSR count). The number of aromatic nitrogens is 1. The Morgan fingerprint density at radius 1 is 1.35 bits per heavy atom. The number of rotatable bonds is 5. The summed E-state index contributed by atoms with van der Waals surface area (Å²) >= 11 is 1.43. The third kappa shape index (κ3) is 2.93. The van der Waals surface area contributed by atoms with Gasteiger partial charge in [0, 0.05) is 11.4 Å². The zero-order valence-corrected chi connectivity index (χ0v) is 15.3. The largest absolute Gasteiger partial charge is 0.467 e. The number of amides is 1. The molecule has 138 valence electrons. The quantitative estimate of drug-likeness (QED) is 0.750. The van der Waals surface area contributed by atoms with Crippen molar-refractivity contribution >= 4 is 22.4 Å². The lowest BCUT2D eigenvalue weighted by molar-refractivity contribution is -0.136. The second kappa shape index (κ2) is 6.09. The number of carbonyl (C=O) groups excluding carboxylic acids is 1. The van der Waals surface area contributed by atoms with Crippen LogP contribution in [0.1, 0.15) is 48.4 Å². The lowest BCUT2D eigenvalue weighted by Gasteiger charge is -2.58. The van der Waals surface area contributed by atoms with Crippen LogP contribution >= 0.6 is 11.3 Å². The van der Waals surface area contributed by atoms with Gasteiger partial charge in [0.2, 0.25) is 0 Å². The second-order valence-corrected chi connectivity index (χ2v) is 9.02. The number of aliphatic hydroxyl groups is 1. The minimum absolute atomic E-state index is 0.100. The number of hydrogen-bond donors (Lipinski definition) is 3. The summed E-state index contributed by atoms with van der Waals surface area (Å²) < 4.78 is 5.29. The first kappa shape index (κ1) is 16.3. The van der Waals surface area contributed by atoms with Gasteiger partial charge in [-0.15, -0.1) is 11.3 Å². The predicted molar refractivity (Wildman–Crippen MR) is 97.9 cm³/mol. The van der Waals surface area contributed by atoms with Crippen molar-refractivity contribution in [1.29, 1.82) is 0 Å². The number of nitrogens with zero attached hydrogens (tertiary/aromatic N) is 1. The molecule has 0 saturated heterocycles. The second-order valence-electron chi connectivity index (χ2n) is 8.16. The van der Waals surface area contributed by atoms with Crippen molar-refractivity contribution in [2.24, 2.45) is 17.8 Å². The van der Waals surface area contributed by atoms with E-state index in [0.29, 0.717) is 35.1 Å². The smallest absolute Gasteiger partial charge is 0.271 e. The fraction of sp³-hybridized carbons (Fsp3) is 0.579. The van der Waals surface area contributed by atoms with Crippen LogP contribution in [0.3, 0.4) is 0 Å². The molecule has 0 spiro atoms. The van der Waals surface area contributed by atoms with E-state index in [9.17, 15) is 9.90 Å².